The number of hydrogen-bond acceptors (Lipinski definition) is 1. The minimum absolute atomic E-state index is 0.426. The minimum atomic E-state index is 0.426. The van der Waals surface area contributed by atoms with Crippen LogP contribution < -0.4 is 0 Å². The SMILES string of the molecule is CCCCCC(C)c1cccc(O)c1C. The Hall–Kier alpha value is -0.980. The molecule has 1 aromatic rings. The molecule has 0 fully saturated rings. The van der Waals surface area contributed by atoms with Crippen LogP contribution in [0.25, 0.3) is 0 Å². The fourth-order valence-electron chi connectivity index (χ4n) is 2.03. The largest absolute Gasteiger partial charge is 0.508 e. The van der Waals surface area contributed by atoms with Gasteiger partial charge in [-0.05, 0) is 36.5 Å². The van der Waals surface area contributed by atoms with Gasteiger partial charge in [0.2, 0.25) is 0 Å². The van der Waals surface area contributed by atoms with Crippen molar-refractivity contribution < 1.29 is 5.11 Å². The van der Waals surface area contributed by atoms with Crippen molar-refractivity contribution in [1.82, 2.24) is 0 Å². The Morgan fingerprint density at radius 1 is 1.27 bits per heavy atom. The summed E-state index contributed by atoms with van der Waals surface area (Å²) >= 11 is 0. The second kappa shape index (κ2) is 5.79. The number of rotatable bonds is 5. The lowest BCUT2D eigenvalue weighted by Crippen LogP contribution is -1.96. The average Bonchev–Trinajstić information content (AvgIpc) is 2.22. The number of unbranched alkanes of at least 4 members (excludes halogenated alkanes) is 2. The van der Waals surface area contributed by atoms with Crippen LogP contribution in [0.3, 0.4) is 0 Å². The van der Waals surface area contributed by atoms with E-state index in [4.69, 9.17) is 0 Å². The molecular weight excluding hydrogens is 184 g/mol. The van der Waals surface area contributed by atoms with E-state index in [0.717, 1.165) is 5.56 Å². The summed E-state index contributed by atoms with van der Waals surface area (Å²) in [5.41, 5.74) is 2.34. The first-order valence-electron chi connectivity index (χ1n) is 5.95. The molecule has 1 unspecified atom stereocenters. The van der Waals surface area contributed by atoms with Crippen LogP contribution in [0.15, 0.2) is 18.2 Å². The van der Waals surface area contributed by atoms with Crippen LogP contribution >= 0.6 is 0 Å². The first-order valence-corrected chi connectivity index (χ1v) is 5.95. The van der Waals surface area contributed by atoms with E-state index in [2.05, 4.69) is 19.9 Å². The van der Waals surface area contributed by atoms with Gasteiger partial charge in [-0.15, -0.1) is 0 Å². The summed E-state index contributed by atoms with van der Waals surface area (Å²) in [5, 5.41) is 9.62. The van der Waals surface area contributed by atoms with Gasteiger partial charge in [0.05, 0.1) is 0 Å². The quantitative estimate of drug-likeness (QED) is 0.709. The zero-order chi connectivity index (χ0) is 11.3. The van der Waals surface area contributed by atoms with Gasteiger partial charge in [-0.2, -0.15) is 0 Å². The molecule has 84 valence electrons. The molecule has 1 atom stereocenters. The maximum absolute atomic E-state index is 9.62. The van der Waals surface area contributed by atoms with E-state index in [1.807, 2.05) is 13.0 Å². The third kappa shape index (κ3) is 3.26. The molecule has 0 saturated heterocycles. The predicted octanol–water partition coefficient (Wildman–Crippen LogP) is 4.38. The molecular formula is C14H22O. The molecule has 1 N–H and O–H groups in total. The number of phenols is 1. The maximum Gasteiger partial charge on any atom is 0.118 e. The van der Waals surface area contributed by atoms with Gasteiger partial charge in [0.25, 0.3) is 0 Å². The highest BCUT2D eigenvalue weighted by atomic mass is 16.3. The highest BCUT2D eigenvalue weighted by Gasteiger charge is 2.09. The zero-order valence-electron chi connectivity index (χ0n) is 10.1. The van der Waals surface area contributed by atoms with Crippen LogP contribution in [0.5, 0.6) is 5.75 Å². The standard InChI is InChI=1S/C14H22O/c1-4-5-6-8-11(2)13-9-7-10-14(15)12(13)3/h7,9-11,15H,4-6,8H2,1-3H3. The van der Waals surface area contributed by atoms with Crippen molar-refractivity contribution >= 4 is 0 Å². The lowest BCUT2D eigenvalue weighted by molar-refractivity contribution is 0.468. The number of hydrogen-bond donors (Lipinski definition) is 1. The summed E-state index contributed by atoms with van der Waals surface area (Å²) < 4.78 is 0. The number of aromatic hydroxyl groups is 1. The summed E-state index contributed by atoms with van der Waals surface area (Å²) in [4.78, 5) is 0. The molecule has 0 bridgehead atoms. The van der Waals surface area contributed by atoms with E-state index in [-0.39, 0.29) is 0 Å². The van der Waals surface area contributed by atoms with Gasteiger partial charge in [-0.1, -0.05) is 45.2 Å². The molecule has 0 saturated carbocycles. The molecule has 0 aromatic heterocycles. The summed E-state index contributed by atoms with van der Waals surface area (Å²) in [7, 11) is 0. The Morgan fingerprint density at radius 3 is 2.67 bits per heavy atom. The molecule has 15 heavy (non-hydrogen) atoms. The fraction of sp³-hybridized carbons (Fsp3) is 0.571. The van der Waals surface area contributed by atoms with Crippen LogP contribution in [0.1, 0.15) is 56.6 Å². The number of benzene rings is 1. The molecule has 1 rings (SSSR count). The summed E-state index contributed by atoms with van der Waals surface area (Å²) in [6.07, 6.45) is 5.08. The molecule has 0 heterocycles. The van der Waals surface area contributed by atoms with Crippen LogP contribution in [-0.2, 0) is 0 Å². The monoisotopic (exact) mass is 206 g/mol. The Bertz CT molecular complexity index is 304. The van der Waals surface area contributed by atoms with Gasteiger partial charge < -0.3 is 5.11 Å². The molecule has 0 spiro atoms. The highest BCUT2D eigenvalue weighted by molar-refractivity contribution is 5.39. The first kappa shape index (κ1) is 12.1. The third-order valence-electron chi connectivity index (χ3n) is 3.12. The van der Waals surface area contributed by atoms with E-state index in [9.17, 15) is 5.11 Å². The molecule has 0 aliphatic rings. The first-order chi connectivity index (χ1) is 7.16. The Balaban J connectivity index is 2.65. The van der Waals surface area contributed by atoms with Crippen molar-refractivity contribution in [2.24, 2.45) is 0 Å². The van der Waals surface area contributed by atoms with Gasteiger partial charge >= 0.3 is 0 Å². The van der Waals surface area contributed by atoms with Crippen molar-refractivity contribution in [2.75, 3.05) is 0 Å². The third-order valence-corrected chi connectivity index (χ3v) is 3.12. The van der Waals surface area contributed by atoms with Crippen molar-refractivity contribution in [1.29, 1.82) is 0 Å². The second-order valence-corrected chi connectivity index (χ2v) is 4.39. The summed E-state index contributed by atoms with van der Waals surface area (Å²) in [6, 6.07) is 5.83. The molecule has 0 aliphatic carbocycles. The second-order valence-electron chi connectivity index (χ2n) is 4.39. The minimum Gasteiger partial charge on any atom is -0.508 e. The van der Waals surface area contributed by atoms with Gasteiger partial charge in [-0.25, -0.2) is 0 Å². The van der Waals surface area contributed by atoms with Crippen LogP contribution in [0.2, 0.25) is 0 Å². The summed E-state index contributed by atoms with van der Waals surface area (Å²) in [6.45, 7) is 6.47. The topological polar surface area (TPSA) is 20.2 Å². The fourth-order valence-corrected chi connectivity index (χ4v) is 2.03. The lowest BCUT2D eigenvalue weighted by atomic mass is 9.91. The Labute approximate surface area is 93.1 Å². The normalized spacial score (nSPS) is 12.7. The van der Waals surface area contributed by atoms with Gasteiger partial charge in [0, 0.05) is 0 Å². The van der Waals surface area contributed by atoms with Crippen molar-refractivity contribution in [3.05, 3.63) is 29.3 Å². The molecule has 1 heteroatoms. The predicted molar refractivity (Wildman–Crippen MR) is 65.4 cm³/mol. The van der Waals surface area contributed by atoms with E-state index in [1.165, 1.54) is 31.2 Å². The lowest BCUT2D eigenvalue weighted by Gasteiger charge is -2.15. The van der Waals surface area contributed by atoms with Crippen molar-refractivity contribution in [3.63, 3.8) is 0 Å². The van der Waals surface area contributed by atoms with Crippen molar-refractivity contribution in [2.45, 2.75) is 52.4 Å². The van der Waals surface area contributed by atoms with Gasteiger partial charge in [0.15, 0.2) is 0 Å². The van der Waals surface area contributed by atoms with E-state index in [0.29, 0.717) is 11.7 Å². The molecule has 1 aromatic carbocycles. The van der Waals surface area contributed by atoms with Crippen molar-refractivity contribution in [3.8, 4) is 5.75 Å². The average molecular weight is 206 g/mol. The maximum atomic E-state index is 9.62. The Kier molecular flexibility index (Phi) is 4.67. The van der Waals surface area contributed by atoms with Crippen LogP contribution in [0, 0.1) is 6.92 Å². The van der Waals surface area contributed by atoms with Crippen LogP contribution in [-0.4, -0.2) is 5.11 Å². The number of phenolic OH excluding ortho intramolecular Hbond substituents is 1. The summed E-state index contributed by atoms with van der Waals surface area (Å²) in [5.74, 6) is 0.985. The highest BCUT2D eigenvalue weighted by Crippen LogP contribution is 2.29. The molecule has 1 nitrogen and oxygen atoms in total. The van der Waals surface area contributed by atoms with E-state index < -0.39 is 0 Å². The van der Waals surface area contributed by atoms with Crippen LogP contribution in [0.4, 0.5) is 0 Å². The van der Waals surface area contributed by atoms with E-state index >= 15 is 0 Å². The molecule has 0 aliphatic heterocycles. The van der Waals surface area contributed by atoms with Gasteiger partial charge in [-0.3, -0.25) is 0 Å². The van der Waals surface area contributed by atoms with E-state index in [1.54, 1.807) is 6.07 Å². The van der Waals surface area contributed by atoms with Gasteiger partial charge in [0.1, 0.15) is 5.75 Å². The molecule has 0 radical (unpaired) electrons. The zero-order valence-corrected chi connectivity index (χ0v) is 10.1. The molecule has 0 amide bonds. The smallest absolute Gasteiger partial charge is 0.118 e. The Morgan fingerprint density at radius 2 is 2.00 bits per heavy atom.